The highest BCUT2D eigenvalue weighted by atomic mass is 32.2. The van der Waals surface area contributed by atoms with Crippen LogP contribution in [0.25, 0.3) is 10.6 Å². The van der Waals surface area contributed by atoms with Gasteiger partial charge in [-0.3, -0.25) is 0 Å². The zero-order valence-electron chi connectivity index (χ0n) is 19.7. The molecule has 0 aliphatic carbocycles. The van der Waals surface area contributed by atoms with Gasteiger partial charge in [0.15, 0.2) is 14.0 Å². The maximum atomic E-state index is 13.9. The fourth-order valence-corrected chi connectivity index (χ4v) is 9.39. The molecule has 0 atom stereocenters. The Labute approximate surface area is 215 Å². The van der Waals surface area contributed by atoms with Gasteiger partial charge in [-0.25, -0.2) is 31.5 Å². The molecule has 198 valence electrons. The van der Waals surface area contributed by atoms with Gasteiger partial charge in [-0.1, -0.05) is 6.07 Å². The van der Waals surface area contributed by atoms with Gasteiger partial charge in [0.05, 0.1) is 21.2 Å². The molecular formula is C22H22F3N5O4S3. The second-order valence-electron chi connectivity index (χ2n) is 8.98. The number of likely N-dealkylation sites (N-methyl/N-ethyl adjacent to an activating group) is 1. The van der Waals surface area contributed by atoms with Crippen LogP contribution in [0.5, 0.6) is 0 Å². The number of sulfone groups is 1. The number of benzene rings is 1. The van der Waals surface area contributed by atoms with Crippen LogP contribution in [-0.4, -0.2) is 57.6 Å². The van der Waals surface area contributed by atoms with Crippen LogP contribution in [0.2, 0.25) is 0 Å². The summed E-state index contributed by atoms with van der Waals surface area (Å²) in [4.78, 5) is 9.35. The Morgan fingerprint density at radius 3 is 2.62 bits per heavy atom. The van der Waals surface area contributed by atoms with E-state index in [0.29, 0.717) is 23.2 Å². The third kappa shape index (κ3) is 4.97. The lowest BCUT2D eigenvalue weighted by atomic mass is 9.96. The lowest BCUT2D eigenvalue weighted by Gasteiger charge is -2.26. The molecular weight excluding hydrogens is 551 g/mol. The zero-order chi connectivity index (χ0) is 26.8. The summed E-state index contributed by atoms with van der Waals surface area (Å²) >= 11 is 0.426. The van der Waals surface area contributed by atoms with E-state index in [1.165, 1.54) is 5.56 Å². The van der Waals surface area contributed by atoms with Crippen molar-refractivity contribution in [1.82, 2.24) is 19.6 Å². The van der Waals surface area contributed by atoms with E-state index in [0.717, 1.165) is 36.7 Å². The van der Waals surface area contributed by atoms with Gasteiger partial charge in [-0.15, -0.1) is 11.3 Å². The number of rotatable bonds is 3. The molecule has 3 aromatic rings. The maximum Gasteiger partial charge on any atom is 0.420 e. The first-order valence-corrected chi connectivity index (χ1v) is 15.1. The van der Waals surface area contributed by atoms with E-state index in [9.17, 15) is 30.0 Å². The predicted molar refractivity (Wildman–Crippen MR) is 132 cm³/mol. The van der Waals surface area contributed by atoms with E-state index in [2.05, 4.69) is 24.9 Å². The summed E-state index contributed by atoms with van der Waals surface area (Å²) in [6, 6.07) is 4.88. The summed E-state index contributed by atoms with van der Waals surface area (Å²) in [7, 11) is -6.23. The van der Waals surface area contributed by atoms with E-state index >= 15 is 0 Å². The summed E-state index contributed by atoms with van der Waals surface area (Å²) < 4.78 is 93.6. The smallest absolute Gasteiger partial charge is 0.324 e. The molecule has 0 fully saturated rings. The summed E-state index contributed by atoms with van der Waals surface area (Å²) in [5, 5.41) is 2.98. The number of sulfonamides is 1. The van der Waals surface area contributed by atoms with Crippen molar-refractivity contribution in [2.24, 2.45) is 0 Å². The number of nitrogens with one attached hydrogen (secondary N) is 2. The number of nitrogens with zero attached hydrogens (tertiary/aromatic N) is 3. The second-order valence-corrected chi connectivity index (χ2v) is 14.1. The van der Waals surface area contributed by atoms with Gasteiger partial charge < -0.3 is 10.2 Å². The average Bonchev–Trinajstić information content (AvgIpc) is 3.23. The minimum absolute atomic E-state index is 0.133. The molecule has 0 spiro atoms. The van der Waals surface area contributed by atoms with E-state index in [4.69, 9.17) is 0 Å². The van der Waals surface area contributed by atoms with Crippen LogP contribution in [0.15, 0.2) is 33.5 Å². The van der Waals surface area contributed by atoms with Gasteiger partial charge in [0, 0.05) is 31.5 Å². The predicted octanol–water partition coefficient (Wildman–Crippen LogP) is 3.33. The molecule has 37 heavy (non-hydrogen) atoms. The number of hydrogen-bond acceptors (Lipinski definition) is 9. The van der Waals surface area contributed by atoms with Gasteiger partial charge in [-0.2, -0.15) is 13.2 Å². The van der Waals surface area contributed by atoms with Crippen LogP contribution < -0.4 is 10.0 Å². The number of halogens is 3. The van der Waals surface area contributed by atoms with E-state index in [-0.39, 0.29) is 17.4 Å². The highest BCUT2D eigenvalue weighted by Crippen LogP contribution is 2.43. The highest BCUT2D eigenvalue weighted by Gasteiger charge is 2.39. The lowest BCUT2D eigenvalue weighted by Crippen LogP contribution is -2.26. The molecule has 2 N–H and O–H groups in total. The lowest BCUT2D eigenvalue weighted by molar-refractivity contribution is -0.137. The fourth-order valence-electron chi connectivity index (χ4n) is 4.33. The third-order valence-corrected chi connectivity index (χ3v) is 11.4. The van der Waals surface area contributed by atoms with Crippen molar-refractivity contribution in [3.63, 3.8) is 0 Å². The van der Waals surface area contributed by atoms with Crippen molar-refractivity contribution < 1.29 is 30.0 Å². The molecule has 0 saturated heterocycles. The minimum Gasteiger partial charge on any atom is -0.324 e. The Bertz CT molecular complexity index is 1570. The fraction of sp³-hybridized carbons (Fsp3) is 0.364. The third-order valence-electron chi connectivity index (χ3n) is 6.23. The number of thiophene rings is 1. The Kier molecular flexibility index (Phi) is 6.34. The number of anilines is 2. The topological polar surface area (TPSA) is 121 Å². The molecule has 5 rings (SSSR count). The van der Waals surface area contributed by atoms with Crippen LogP contribution in [0.3, 0.4) is 0 Å². The molecule has 4 heterocycles. The molecule has 0 radical (unpaired) electrons. The van der Waals surface area contributed by atoms with Crippen LogP contribution in [0.4, 0.5) is 24.8 Å². The summed E-state index contributed by atoms with van der Waals surface area (Å²) in [5.41, 5.74) is 1.95. The second kappa shape index (κ2) is 9.01. The standard InChI is InChI=1S/C22H22F3N5O4S3/c1-12-7-14-11-30(2)5-3-13(14)8-16(12)28-21-26-10-15(22(23,24)25)19(29-21)17-9-18-20(35-17)37(33,34)27-4-6-36(18,31)32/h7-10,27H,3-6,11H2,1-2H3,(H,26,28,29). The van der Waals surface area contributed by atoms with Gasteiger partial charge in [0.25, 0.3) is 10.0 Å². The maximum absolute atomic E-state index is 13.9. The molecule has 0 bridgehead atoms. The first-order valence-electron chi connectivity index (χ1n) is 11.1. The van der Waals surface area contributed by atoms with Crippen molar-refractivity contribution in [3.8, 4) is 10.6 Å². The monoisotopic (exact) mass is 573 g/mol. The van der Waals surface area contributed by atoms with Crippen LogP contribution in [-0.2, 0) is 39.0 Å². The van der Waals surface area contributed by atoms with Crippen LogP contribution in [0.1, 0.15) is 22.3 Å². The number of alkyl halides is 3. The molecule has 2 aliphatic heterocycles. The van der Waals surface area contributed by atoms with E-state index < -0.39 is 52.2 Å². The van der Waals surface area contributed by atoms with Gasteiger partial charge in [-0.05, 0) is 49.2 Å². The van der Waals surface area contributed by atoms with Crippen molar-refractivity contribution in [2.45, 2.75) is 35.2 Å². The summed E-state index contributed by atoms with van der Waals surface area (Å²) in [5.74, 6) is -0.641. The molecule has 15 heteroatoms. The van der Waals surface area contributed by atoms with Gasteiger partial charge in [0.2, 0.25) is 5.95 Å². The van der Waals surface area contributed by atoms with Crippen molar-refractivity contribution in [2.75, 3.05) is 31.2 Å². The quantitative estimate of drug-likeness (QED) is 0.490. The number of aromatic nitrogens is 2. The molecule has 0 unspecified atom stereocenters. The molecule has 0 saturated carbocycles. The highest BCUT2D eigenvalue weighted by molar-refractivity contribution is 7.95. The Hall–Kier alpha value is -2.59. The summed E-state index contributed by atoms with van der Waals surface area (Å²) in [6.45, 7) is 3.20. The average molecular weight is 574 g/mol. The van der Waals surface area contributed by atoms with Crippen molar-refractivity contribution in [1.29, 1.82) is 0 Å². The van der Waals surface area contributed by atoms with Gasteiger partial charge in [0.1, 0.15) is 5.56 Å². The number of aryl methyl sites for hydroxylation is 1. The van der Waals surface area contributed by atoms with E-state index in [1.807, 2.05) is 26.1 Å². The first kappa shape index (κ1) is 26.0. The first-order chi connectivity index (χ1) is 17.2. The Morgan fingerprint density at radius 2 is 1.89 bits per heavy atom. The molecule has 2 aromatic heterocycles. The van der Waals surface area contributed by atoms with E-state index in [1.54, 1.807) is 0 Å². The molecule has 9 nitrogen and oxygen atoms in total. The Morgan fingerprint density at radius 1 is 1.14 bits per heavy atom. The minimum atomic E-state index is -4.86. The number of hydrogen-bond donors (Lipinski definition) is 2. The molecule has 0 amide bonds. The largest absolute Gasteiger partial charge is 0.420 e. The SMILES string of the molecule is Cc1cc2c(cc1Nc1ncc(C(F)(F)F)c(-c3cc4c(s3)S(=O)(=O)NCCS4(=O)=O)n1)CCN(C)C2. The molecule has 1 aromatic carbocycles. The van der Waals surface area contributed by atoms with Crippen molar-refractivity contribution >= 4 is 42.8 Å². The summed E-state index contributed by atoms with van der Waals surface area (Å²) in [6.07, 6.45) is -3.43. The van der Waals surface area contributed by atoms with Crippen molar-refractivity contribution in [3.05, 3.63) is 46.6 Å². The van der Waals surface area contributed by atoms with Gasteiger partial charge >= 0.3 is 6.18 Å². The van der Waals surface area contributed by atoms with Crippen LogP contribution >= 0.6 is 11.3 Å². The number of fused-ring (bicyclic) bond motifs is 2. The van der Waals surface area contributed by atoms with Crippen LogP contribution in [0, 0.1) is 6.92 Å². The molecule has 2 aliphatic rings. The Balaban J connectivity index is 1.61. The zero-order valence-corrected chi connectivity index (χ0v) is 22.1. The normalized spacial score (nSPS) is 19.1.